The van der Waals surface area contributed by atoms with Crippen molar-refractivity contribution < 1.29 is 5.11 Å². The second-order valence-corrected chi connectivity index (χ2v) is 4.51. The van der Waals surface area contributed by atoms with Crippen molar-refractivity contribution in [2.75, 3.05) is 5.53 Å². The van der Waals surface area contributed by atoms with E-state index < -0.39 is 0 Å². The first-order chi connectivity index (χ1) is 9.06. The summed E-state index contributed by atoms with van der Waals surface area (Å²) < 4.78 is 1.17. The van der Waals surface area contributed by atoms with E-state index in [9.17, 15) is 9.90 Å². The third kappa shape index (κ3) is 1.36. The van der Waals surface area contributed by atoms with Crippen LogP contribution in [0.3, 0.4) is 0 Å². The predicted molar refractivity (Wildman–Crippen MR) is 76.4 cm³/mol. The number of phenolic OH excluding ortho intramolecular Hbond substituents is 1. The lowest BCUT2D eigenvalue weighted by molar-refractivity contribution is 0.473. The van der Waals surface area contributed by atoms with E-state index in [0.29, 0.717) is 10.7 Å². The van der Waals surface area contributed by atoms with E-state index >= 15 is 0 Å². The number of benzene rings is 2. The Kier molecular flexibility index (Phi) is 2.27. The molecule has 0 aliphatic heterocycles. The molecule has 0 aliphatic carbocycles. The predicted octanol–water partition coefficient (Wildman–Crippen LogP) is 0.715. The highest BCUT2D eigenvalue weighted by Gasteiger charge is 2.14. The maximum Gasteiger partial charge on any atom is 0.278 e. The van der Waals surface area contributed by atoms with Gasteiger partial charge in [0.2, 0.25) is 0 Å². The van der Waals surface area contributed by atoms with Crippen LogP contribution in [-0.2, 0) is 0 Å². The highest BCUT2D eigenvalue weighted by Crippen LogP contribution is 2.31. The van der Waals surface area contributed by atoms with Crippen LogP contribution in [0.1, 0.15) is 5.56 Å². The molecule has 5 nitrogen and oxygen atoms in total. The van der Waals surface area contributed by atoms with E-state index in [1.807, 2.05) is 25.1 Å². The number of nitrogens with two attached hydrogens (primary N) is 1. The van der Waals surface area contributed by atoms with E-state index in [-0.39, 0.29) is 11.3 Å². The molecular formula is C14H13N3O2. The van der Waals surface area contributed by atoms with Crippen molar-refractivity contribution in [2.45, 2.75) is 6.92 Å². The molecule has 4 N–H and O–H groups in total. The van der Waals surface area contributed by atoms with Crippen LogP contribution in [0, 0.1) is 6.92 Å². The lowest BCUT2D eigenvalue weighted by atomic mass is 9.98. The molecule has 19 heavy (non-hydrogen) atoms. The number of hydrazine groups is 1. The largest absolute Gasteiger partial charge is 0.508 e. The Morgan fingerprint density at radius 1 is 1.32 bits per heavy atom. The average Bonchev–Trinajstić information content (AvgIpc) is 2.41. The van der Waals surface area contributed by atoms with Gasteiger partial charge in [-0.05, 0) is 23.9 Å². The second-order valence-electron chi connectivity index (χ2n) is 4.51. The summed E-state index contributed by atoms with van der Waals surface area (Å²) in [6.07, 6.45) is 0. The van der Waals surface area contributed by atoms with Gasteiger partial charge in [0, 0.05) is 10.8 Å². The monoisotopic (exact) mass is 255 g/mol. The second kappa shape index (κ2) is 3.73. The first kappa shape index (κ1) is 11.6. The van der Waals surface area contributed by atoms with Gasteiger partial charge in [0.1, 0.15) is 5.75 Å². The summed E-state index contributed by atoms with van der Waals surface area (Å²) in [5.74, 6) is 5.46. The van der Waals surface area contributed by atoms with Gasteiger partial charge in [-0.3, -0.25) is 10.3 Å². The van der Waals surface area contributed by atoms with Crippen molar-refractivity contribution in [2.24, 2.45) is 5.84 Å². The highest BCUT2D eigenvalue weighted by atomic mass is 16.3. The molecule has 5 heteroatoms. The van der Waals surface area contributed by atoms with Gasteiger partial charge in [-0.2, -0.15) is 0 Å². The highest BCUT2D eigenvalue weighted by molar-refractivity contribution is 6.11. The molecule has 2 aromatic carbocycles. The number of nitrogens with zero attached hydrogens (tertiary/aromatic N) is 1. The summed E-state index contributed by atoms with van der Waals surface area (Å²) in [6.45, 7) is 5.71. The molecule has 0 amide bonds. The molecule has 0 saturated carbocycles. The molecule has 0 atom stereocenters. The standard InChI is InChI=1S/C14H13N3O2/c1-7-9-4-3-5-10-8(2)17(16-15)14(19)11(13(9)10)6-12(7)18/h3-6,16,18H,2,15H2,1H3. The summed E-state index contributed by atoms with van der Waals surface area (Å²) >= 11 is 0. The zero-order valence-corrected chi connectivity index (χ0v) is 10.4. The number of phenols is 1. The van der Waals surface area contributed by atoms with Crippen LogP contribution in [0.5, 0.6) is 5.75 Å². The molecule has 96 valence electrons. The molecule has 3 rings (SSSR count). The Labute approximate surface area is 108 Å². The Hall–Kier alpha value is -2.53. The number of hydrogen-bond acceptors (Lipinski definition) is 4. The maximum atomic E-state index is 12.3. The van der Waals surface area contributed by atoms with E-state index in [0.717, 1.165) is 21.7 Å². The lowest BCUT2D eigenvalue weighted by Gasteiger charge is -2.13. The van der Waals surface area contributed by atoms with Crippen LogP contribution >= 0.6 is 0 Å². The topological polar surface area (TPSA) is 80.3 Å². The van der Waals surface area contributed by atoms with Gasteiger partial charge in [0.25, 0.3) is 5.56 Å². The Morgan fingerprint density at radius 3 is 2.68 bits per heavy atom. The average molecular weight is 255 g/mol. The first-order valence-electron chi connectivity index (χ1n) is 5.81. The zero-order chi connectivity index (χ0) is 13.7. The molecule has 0 unspecified atom stereocenters. The van der Waals surface area contributed by atoms with Crippen LogP contribution in [-0.4, -0.2) is 9.78 Å². The third-order valence-corrected chi connectivity index (χ3v) is 3.55. The summed E-state index contributed by atoms with van der Waals surface area (Å²) in [4.78, 5) is 12.3. The molecule has 0 aliphatic rings. The minimum Gasteiger partial charge on any atom is -0.508 e. The van der Waals surface area contributed by atoms with Crippen molar-refractivity contribution in [1.29, 1.82) is 0 Å². The van der Waals surface area contributed by atoms with Gasteiger partial charge in [0.15, 0.2) is 0 Å². The summed E-state index contributed by atoms with van der Waals surface area (Å²) in [5.41, 5.74) is 2.74. The summed E-state index contributed by atoms with van der Waals surface area (Å²) in [7, 11) is 0. The third-order valence-electron chi connectivity index (χ3n) is 3.55. The number of aromatic hydroxyl groups is 1. The molecule has 0 bridgehead atoms. The van der Waals surface area contributed by atoms with Gasteiger partial charge in [-0.1, -0.05) is 24.8 Å². The SMILES string of the molecule is C=c1c2cccc3c(C)c(O)cc(c(=O)n1NN)c32. The minimum atomic E-state index is -0.327. The van der Waals surface area contributed by atoms with Gasteiger partial charge in [-0.25, -0.2) is 10.5 Å². The number of nitrogen functional groups attached to an aromatic ring is 1. The normalized spacial score (nSPS) is 11.3. The number of aryl methyl sites for hydroxylation is 1. The number of nitrogens with one attached hydrogen (secondary N) is 1. The number of rotatable bonds is 1. The Bertz CT molecular complexity index is 912. The molecule has 0 radical (unpaired) electrons. The Balaban J connectivity index is 2.78. The van der Waals surface area contributed by atoms with Crippen LogP contribution in [0.4, 0.5) is 0 Å². The van der Waals surface area contributed by atoms with Crippen LogP contribution in [0.15, 0.2) is 29.1 Å². The zero-order valence-electron chi connectivity index (χ0n) is 10.4. The smallest absolute Gasteiger partial charge is 0.278 e. The molecule has 3 aromatic rings. The summed E-state index contributed by atoms with van der Waals surface area (Å²) in [6, 6.07) is 7.09. The lowest BCUT2D eigenvalue weighted by Crippen LogP contribution is -2.42. The van der Waals surface area contributed by atoms with Crippen molar-refractivity contribution in [3.63, 3.8) is 0 Å². The molecule has 1 heterocycles. The molecular weight excluding hydrogens is 242 g/mol. The van der Waals surface area contributed by atoms with Gasteiger partial charge in [0.05, 0.1) is 10.7 Å². The van der Waals surface area contributed by atoms with Crippen molar-refractivity contribution in [3.8, 4) is 5.75 Å². The first-order valence-corrected chi connectivity index (χ1v) is 5.81. The molecule has 0 fully saturated rings. The Morgan fingerprint density at radius 2 is 2.00 bits per heavy atom. The quantitative estimate of drug-likeness (QED) is 0.442. The van der Waals surface area contributed by atoms with Crippen molar-refractivity contribution >= 4 is 28.1 Å². The fraction of sp³-hybridized carbons (Fsp3) is 0.0714. The van der Waals surface area contributed by atoms with Crippen LogP contribution < -0.4 is 22.3 Å². The van der Waals surface area contributed by atoms with Gasteiger partial charge in [-0.15, -0.1) is 0 Å². The fourth-order valence-corrected chi connectivity index (χ4v) is 2.52. The van der Waals surface area contributed by atoms with Gasteiger partial charge < -0.3 is 5.11 Å². The number of pyridine rings is 1. The van der Waals surface area contributed by atoms with E-state index in [2.05, 4.69) is 12.1 Å². The molecule has 0 spiro atoms. The van der Waals surface area contributed by atoms with E-state index in [1.165, 1.54) is 10.7 Å². The van der Waals surface area contributed by atoms with Crippen LogP contribution in [0.2, 0.25) is 0 Å². The maximum absolute atomic E-state index is 12.3. The molecule has 1 aromatic heterocycles. The van der Waals surface area contributed by atoms with E-state index in [4.69, 9.17) is 5.84 Å². The fourth-order valence-electron chi connectivity index (χ4n) is 2.52. The van der Waals surface area contributed by atoms with Crippen molar-refractivity contribution in [1.82, 2.24) is 4.68 Å². The van der Waals surface area contributed by atoms with Crippen LogP contribution in [0.25, 0.3) is 28.1 Å². The van der Waals surface area contributed by atoms with E-state index in [1.54, 1.807) is 0 Å². The number of hydrogen-bond donors (Lipinski definition) is 3. The number of aromatic nitrogens is 1. The molecule has 0 saturated heterocycles. The minimum absolute atomic E-state index is 0.0949. The summed E-state index contributed by atoms with van der Waals surface area (Å²) in [5, 5.41) is 13.3. The van der Waals surface area contributed by atoms with Crippen molar-refractivity contribution in [3.05, 3.63) is 45.5 Å². The van der Waals surface area contributed by atoms with Gasteiger partial charge >= 0.3 is 0 Å².